The fourth-order valence-corrected chi connectivity index (χ4v) is 6.85. The third kappa shape index (κ3) is 7.21. The van der Waals surface area contributed by atoms with Crippen molar-refractivity contribution >= 4 is 25.8 Å². The second kappa shape index (κ2) is 12.9. The minimum Gasteiger partial charge on any atom is -0.490 e. The highest BCUT2D eigenvalue weighted by atomic mass is 28.4. The Kier molecular flexibility index (Phi) is 10.1. The van der Waals surface area contributed by atoms with E-state index in [1.54, 1.807) is 43.3 Å². The minimum atomic E-state index is -2.92. The summed E-state index contributed by atoms with van der Waals surface area (Å²) in [6, 6.07) is 14.8. The molecule has 0 bridgehead atoms. The molecule has 4 N–H and O–H groups in total. The molecule has 9 nitrogen and oxygen atoms in total. The molecule has 0 spiro atoms. The molecule has 2 aromatic carbocycles. The van der Waals surface area contributed by atoms with Crippen molar-refractivity contribution in [3.8, 4) is 5.75 Å². The summed E-state index contributed by atoms with van der Waals surface area (Å²) in [5.41, 5.74) is 1.77. The van der Waals surface area contributed by atoms with Crippen LogP contribution in [0.15, 0.2) is 48.5 Å². The van der Waals surface area contributed by atoms with Gasteiger partial charge >= 0.3 is 0 Å². The maximum Gasteiger partial charge on any atom is 0.252 e. The van der Waals surface area contributed by atoms with E-state index in [4.69, 9.17) is 9.47 Å². The van der Waals surface area contributed by atoms with Crippen LogP contribution in [-0.4, -0.2) is 72.5 Å². The number of hydrogen-bond acceptors (Lipinski definition) is 7. The molecule has 0 aliphatic carbocycles. The smallest absolute Gasteiger partial charge is 0.252 e. The number of rotatable bonds is 11. The number of carbonyl (C=O) groups excluding carboxylic acids is 2. The molecule has 1 aliphatic rings. The Hall–Kier alpha value is -2.76. The summed E-state index contributed by atoms with van der Waals surface area (Å²) in [5.74, 6) is -0.333. The first-order chi connectivity index (χ1) is 18.0. The number of nitrogens with one attached hydrogen (secondary N) is 1. The number of carbonyl (C=O) groups is 2. The van der Waals surface area contributed by atoms with Gasteiger partial charge in [0, 0.05) is 49.3 Å². The highest BCUT2D eigenvalue weighted by Gasteiger charge is 2.47. The van der Waals surface area contributed by atoms with Crippen LogP contribution in [0.1, 0.15) is 37.5 Å². The van der Waals surface area contributed by atoms with E-state index in [1.807, 2.05) is 37.3 Å². The van der Waals surface area contributed by atoms with E-state index >= 15 is 0 Å². The summed E-state index contributed by atoms with van der Waals surface area (Å²) in [6.07, 6.45) is -1.97. The lowest BCUT2D eigenvalue weighted by Gasteiger charge is -2.44. The van der Waals surface area contributed by atoms with Crippen molar-refractivity contribution < 1.29 is 34.1 Å². The molecule has 2 amide bonds. The first-order valence-electron chi connectivity index (χ1n) is 12.9. The zero-order chi connectivity index (χ0) is 28.0. The van der Waals surface area contributed by atoms with Crippen LogP contribution in [-0.2, 0) is 20.9 Å². The summed E-state index contributed by atoms with van der Waals surface area (Å²) in [6.45, 7) is 7.38. The zero-order valence-electron chi connectivity index (χ0n) is 22.8. The predicted octanol–water partition coefficient (Wildman–Crippen LogP) is 3.07. The van der Waals surface area contributed by atoms with Crippen molar-refractivity contribution in [3.05, 3.63) is 59.7 Å². The lowest BCUT2D eigenvalue weighted by molar-refractivity contribution is -0.133. The van der Waals surface area contributed by atoms with E-state index in [2.05, 4.69) is 5.32 Å². The van der Waals surface area contributed by atoms with E-state index in [1.165, 1.54) is 6.92 Å². The second-order valence-electron chi connectivity index (χ2n) is 10.5. The highest BCUT2D eigenvalue weighted by Crippen LogP contribution is 2.47. The first-order valence-corrected chi connectivity index (χ1v) is 16.0. The lowest BCUT2D eigenvalue weighted by Crippen LogP contribution is -2.50. The number of nitrogens with zero attached hydrogens (tertiary/aromatic N) is 1. The van der Waals surface area contributed by atoms with Crippen LogP contribution in [0.5, 0.6) is 5.75 Å². The van der Waals surface area contributed by atoms with Gasteiger partial charge in [-0.05, 0) is 43.8 Å². The van der Waals surface area contributed by atoms with E-state index < -0.39 is 38.1 Å². The van der Waals surface area contributed by atoms with E-state index in [0.29, 0.717) is 18.0 Å². The van der Waals surface area contributed by atoms with Gasteiger partial charge < -0.3 is 34.7 Å². The standard InChI is InChI=1S/C28H40N2O7Si/c1-18-26(36-3)22-15-21(29-28(34)19(2)32)11-12-23(22)37-27(18)24(38(4,5)35)16-25(33)30(13-14-31)17-20-9-7-6-8-10-20/h6-12,15,18-19,24,26-27,31-32,35H,13-14,16-17H2,1-5H3,(H,29,34)/t18-,19+,24?,26-,27-/m1/s1. The number of methoxy groups -OCH3 is 1. The van der Waals surface area contributed by atoms with Gasteiger partial charge in [-0.3, -0.25) is 9.59 Å². The molecule has 5 atom stereocenters. The maximum absolute atomic E-state index is 13.5. The van der Waals surface area contributed by atoms with Crippen molar-refractivity contribution in [2.45, 2.75) is 63.8 Å². The van der Waals surface area contributed by atoms with Gasteiger partial charge in [0.25, 0.3) is 5.91 Å². The molecule has 3 rings (SSSR count). The summed E-state index contributed by atoms with van der Waals surface area (Å²) in [7, 11) is -1.33. The molecule has 1 aliphatic heterocycles. The monoisotopic (exact) mass is 544 g/mol. The van der Waals surface area contributed by atoms with Crippen molar-refractivity contribution in [1.82, 2.24) is 4.90 Å². The van der Waals surface area contributed by atoms with Crippen LogP contribution in [0.4, 0.5) is 5.69 Å². The van der Waals surface area contributed by atoms with Gasteiger partial charge in [-0.1, -0.05) is 37.3 Å². The molecule has 1 unspecified atom stereocenters. The van der Waals surface area contributed by atoms with Crippen LogP contribution in [0, 0.1) is 5.92 Å². The quantitative estimate of drug-likeness (QED) is 0.320. The SMILES string of the molecule is CO[C@H]1c2cc(NC(=O)[C@H](C)O)ccc2O[C@@H](C(CC(=O)N(CCO)Cc2ccccc2)[Si](C)(C)O)[C@@H]1C. The van der Waals surface area contributed by atoms with E-state index in [0.717, 1.165) is 11.1 Å². The Balaban J connectivity index is 1.87. The zero-order valence-corrected chi connectivity index (χ0v) is 23.8. The molecule has 38 heavy (non-hydrogen) atoms. The van der Waals surface area contributed by atoms with Gasteiger partial charge in [-0.2, -0.15) is 0 Å². The van der Waals surface area contributed by atoms with Crippen LogP contribution in [0.3, 0.4) is 0 Å². The average Bonchev–Trinajstić information content (AvgIpc) is 2.86. The fraction of sp³-hybridized carbons (Fsp3) is 0.500. The van der Waals surface area contributed by atoms with Crippen LogP contribution in [0.2, 0.25) is 18.6 Å². The predicted molar refractivity (Wildman–Crippen MR) is 147 cm³/mol. The summed E-state index contributed by atoms with van der Waals surface area (Å²) in [4.78, 5) is 38.4. The maximum atomic E-state index is 13.5. The van der Waals surface area contributed by atoms with Crippen molar-refractivity contribution in [2.24, 2.45) is 5.92 Å². The Labute approximate surface area is 225 Å². The Morgan fingerprint density at radius 1 is 1.18 bits per heavy atom. The van der Waals surface area contributed by atoms with Gasteiger partial charge in [0.1, 0.15) is 18.0 Å². The third-order valence-electron chi connectivity index (χ3n) is 7.11. The number of benzene rings is 2. The number of aliphatic hydroxyl groups excluding tert-OH is 2. The highest BCUT2D eigenvalue weighted by molar-refractivity contribution is 6.71. The summed E-state index contributed by atoms with van der Waals surface area (Å²) >= 11 is 0. The van der Waals surface area contributed by atoms with Gasteiger partial charge in [-0.15, -0.1) is 0 Å². The number of fused-ring (bicyclic) bond motifs is 1. The van der Waals surface area contributed by atoms with Crippen molar-refractivity contribution in [3.63, 3.8) is 0 Å². The summed E-state index contributed by atoms with van der Waals surface area (Å²) < 4.78 is 12.3. The topological polar surface area (TPSA) is 129 Å². The van der Waals surface area contributed by atoms with E-state index in [9.17, 15) is 24.6 Å². The van der Waals surface area contributed by atoms with Crippen LogP contribution >= 0.6 is 0 Å². The average molecular weight is 545 g/mol. The molecule has 2 aromatic rings. The van der Waals surface area contributed by atoms with Gasteiger partial charge in [-0.25, -0.2) is 0 Å². The fourth-order valence-electron chi connectivity index (χ4n) is 5.00. The van der Waals surface area contributed by atoms with Crippen molar-refractivity contribution in [1.29, 1.82) is 0 Å². The molecule has 1 heterocycles. The van der Waals surface area contributed by atoms with Gasteiger partial charge in [0.05, 0.1) is 12.7 Å². The molecule has 0 saturated carbocycles. The summed E-state index contributed by atoms with van der Waals surface area (Å²) in [5, 5.41) is 21.8. The number of anilines is 1. The Morgan fingerprint density at radius 2 is 1.87 bits per heavy atom. The van der Waals surface area contributed by atoms with Crippen LogP contribution < -0.4 is 10.1 Å². The molecule has 0 radical (unpaired) electrons. The number of ether oxygens (including phenoxy) is 2. The van der Waals surface area contributed by atoms with E-state index in [-0.39, 0.29) is 31.4 Å². The van der Waals surface area contributed by atoms with Crippen molar-refractivity contribution in [2.75, 3.05) is 25.6 Å². The molecule has 0 aromatic heterocycles. The van der Waals surface area contributed by atoms with Gasteiger partial charge in [0.15, 0.2) is 8.32 Å². The molecular weight excluding hydrogens is 504 g/mol. The van der Waals surface area contributed by atoms with Crippen LogP contribution in [0.25, 0.3) is 0 Å². The van der Waals surface area contributed by atoms with Gasteiger partial charge in [0.2, 0.25) is 5.91 Å². The second-order valence-corrected chi connectivity index (χ2v) is 14.6. The Morgan fingerprint density at radius 3 is 2.45 bits per heavy atom. The Bertz CT molecular complexity index is 1090. The molecular formula is C28H40N2O7Si. The first kappa shape index (κ1) is 29.8. The number of hydrogen-bond donors (Lipinski definition) is 4. The molecule has 0 fully saturated rings. The number of aliphatic hydroxyl groups is 2. The largest absolute Gasteiger partial charge is 0.490 e. The number of amides is 2. The molecule has 10 heteroatoms. The normalized spacial score (nSPS) is 20.6. The molecule has 0 saturated heterocycles. The lowest BCUT2D eigenvalue weighted by atomic mass is 9.86. The third-order valence-corrected chi connectivity index (χ3v) is 9.46. The molecule has 208 valence electrons. The minimum absolute atomic E-state index is 0.0753.